The van der Waals surface area contributed by atoms with Crippen LogP contribution in [0.1, 0.15) is 56.0 Å². The molecule has 2 rings (SSSR count). The minimum atomic E-state index is -4.34. The van der Waals surface area contributed by atoms with Gasteiger partial charge in [-0.2, -0.15) is 18.4 Å². The highest BCUT2D eigenvalue weighted by Gasteiger charge is 2.35. The normalized spacial score (nSPS) is 14.5. The van der Waals surface area contributed by atoms with E-state index in [1.54, 1.807) is 25.1 Å². The third kappa shape index (κ3) is 6.57. The van der Waals surface area contributed by atoms with Crippen LogP contribution in [0.5, 0.6) is 0 Å². The van der Waals surface area contributed by atoms with Crippen molar-refractivity contribution in [2.75, 3.05) is 0 Å². The summed E-state index contributed by atoms with van der Waals surface area (Å²) in [5, 5.41) is 9.98. The summed E-state index contributed by atoms with van der Waals surface area (Å²) in [7, 11) is 0. The van der Waals surface area contributed by atoms with Gasteiger partial charge in [0.15, 0.2) is 0 Å². The monoisotopic (exact) mass is 465 g/mol. The molecule has 32 heavy (non-hydrogen) atoms. The molecule has 0 amide bonds. The molecule has 0 saturated carbocycles. The van der Waals surface area contributed by atoms with Gasteiger partial charge in [0, 0.05) is 11.1 Å². The highest BCUT2D eigenvalue weighted by molar-refractivity contribution is 7.97. The van der Waals surface area contributed by atoms with E-state index in [-0.39, 0.29) is 11.7 Å². The van der Waals surface area contributed by atoms with Crippen LogP contribution in [0.15, 0.2) is 35.4 Å². The van der Waals surface area contributed by atoms with E-state index >= 15 is 0 Å². The Labute approximate surface area is 191 Å². The van der Waals surface area contributed by atoms with Gasteiger partial charge in [-0.3, -0.25) is 4.98 Å². The molecular weight excluding hydrogens is 438 g/mol. The largest absolute Gasteiger partial charge is 0.404 e. The van der Waals surface area contributed by atoms with E-state index in [0.717, 1.165) is 30.9 Å². The Morgan fingerprint density at radius 2 is 1.88 bits per heavy atom. The maximum Gasteiger partial charge on any atom is 0.404 e. The molecular formula is C24H27F4N3S. The molecule has 172 valence electrons. The highest BCUT2D eigenvalue weighted by atomic mass is 32.2. The standard InChI is InChI=1S/C24H27F4N3S/c1-6-14(2)9-20(21(12-29)19-11-22(25)16(4)10-15(19)3)23-8-7-18(13-30-23)32-31-17(5)24(26,27)28/h7-8,10-11,13-14,17,31H,6,9H2,1-5H3/b21-20+. The fraction of sp³-hybridized carbons (Fsp3) is 0.417. The molecule has 0 spiro atoms. The van der Waals surface area contributed by atoms with Gasteiger partial charge >= 0.3 is 6.18 Å². The zero-order valence-electron chi connectivity index (χ0n) is 18.8. The number of rotatable bonds is 8. The van der Waals surface area contributed by atoms with Crippen LogP contribution in [0.3, 0.4) is 0 Å². The summed E-state index contributed by atoms with van der Waals surface area (Å²) in [6, 6.07) is 7.02. The first-order chi connectivity index (χ1) is 15.0. The topological polar surface area (TPSA) is 48.7 Å². The second-order valence-electron chi connectivity index (χ2n) is 7.96. The Balaban J connectivity index is 2.46. The van der Waals surface area contributed by atoms with Crippen molar-refractivity contribution in [1.29, 1.82) is 5.26 Å². The van der Waals surface area contributed by atoms with Crippen LogP contribution >= 0.6 is 11.9 Å². The van der Waals surface area contributed by atoms with E-state index in [2.05, 4.69) is 22.7 Å². The van der Waals surface area contributed by atoms with Gasteiger partial charge in [-0.05, 0) is 85.5 Å². The zero-order chi connectivity index (χ0) is 24.1. The maximum absolute atomic E-state index is 14.3. The number of nitriles is 1. The SMILES string of the molecule is CCC(C)C/C(=C(/C#N)c1cc(F)c(C)cc1C)c1ccc(SNC(C)C(F)(F)F)cn1. The van der Waals surface area contributed by atoms with Crippen LogP contribution in [0.4, 0.5) is 17.6 Å². The van der Waals surface area contributed by atoms with Crippen molar-refractivity contribution in [1.82, 2.24) is 9.71 Å². The number of aromatic nitrogens is 1. The van der Waals surface area contributed by atoms with E-state index in [9.17, 15) is 22.8 Å². The Bertz CT molecular complexity index is 1010. The van der Waals surface area contributed by atoms with Crippen molar-refractivity contribution in [3.05, 3.63) is 58.7 Å². The molecule has 0 aliphatic rings. The molecule has 0 aliphatic carbocycles. The smallest absolute Gasteiger partial charge is 0.255 e. The summed E-state index contributed by atoms with van der Waals surface area (Å²) < 4.78 is 54.7. The van der Waals surface area contributed by atoms with Gasteiger partial charge in [-0.1, -0.05) is 26.3 Å². The molecule has 0 saturated heterocycles. The van der Waals surface area contributed by atoms with Crippen molar-refractivity contribution < 1.29 is 17.6 Å². The Morgan fingerprint density at radius 3 is 2.41 bits per heavy atom. The molecule has 0 fully saturated rings. The molecule has 1 heterocycles. The fourth-order valence-electron chi connectivity index (χ4n) is 3.06. The molecule has 0 aliphatic heterocycles. The molecule has 0 radical (unpaired) electrons. The van der Waals surface area contributed by atoms with E-state index in [1.165, 1.54) is 12.3 Å². The van der Waals surface area contributed by atoms with Crippen LogP contribution in [-0.4, -0.2) is 17.2 Å². The number of nitrogens with one attached hydrogen (secondary N) is 1. The first kappa shape index (κ1) is 25.9. The number of hydrogen-bond donors (Lipinski definition) is 1. The summed E-state index contributed by atoms with van der Waals surface area (Å²) in [5.74, 6) is -0.125. The first-order valence-corrected chi connectivity index (χ1v) is 11.1. The number of allylic oxidation sites excluding steroid dienone is 2. The third-order valence-corrected chi connectivity index (χ3v) is 6.28. The Morgan fingerprint density at radius 1 is 1.19 bits per heavy atom. The molecule has 2 aromatic rings. The maximum atomic E-state index is 14.3. The second-order valence-corrected chi connectivity index (χ2v) is 8.87. The van der Waals surface area contributed by atoms with Crippen molar-refractivity contribution in [3.63, 3.8) is 0 Å². The minimum Gasteiger partial charge on any atom is -0.255 e. The average molecular weight is 466 g/mol. The molecule has 3 nitrogen and oxygen atoms in total. The lowest BCUT2D eigenvalue weighted by molar-refractivity contribution is -0.146. The fourth-order valence-corrected chi connectivity index (χ4v) is 3.74. The van der Waals surface area contributed by atoms with E-state index in [1.807, 2.05) is 13.8 Å². The van der Waals surface area contributed by atoms with E-state index in [0.29, 0.717) is 39.3 Å². The van der Waals surface area contributed by atoms with Crippen LogP contribution in [0, 0.1) is 36.9 Å². The van der Waals surface area contributed by atoms with Gasteiger partial charge in [-0.25, -0.2) is 9.11 Å². The minimum absolute atomic E-state index is 0.258. The number of alkyl halides is 3. The number of pyridine rings is 1. The van der Waals surface area contributed by atoms with Gasteiger partial charge < -0.3 is 0 Å². The van der Waals surface area contributed by atoms with Crippen LogP contribution in [-0.2, 0) is 0 Å². The quantitative estimate of drug-likeness (QED) is 0.253. The van der Waals surface area contributed by atoms with Gasteiger partial charge in [0.25, 0.3) is 0 Å². The first-order valence-electron chi connectivity index (χ1n) is 10.3. The van der Waals surface area contributed by atoms with Crippen LogP contribution in [0.25, 0.3) is 11.1 Å². The lowest BCUT2D eigenvalue weighted by Crippen LogP contribution is -2.35. The molecule has 1 aromatic heterocycles. The van der Waals surface area contributed by atoms with Crippen LogP contribution in [0.2, 0.25) is 0 Å². The van der Waals surface area contributed by atoms with E-state index in [4.69, 9.17) is 0 Å². The zero-order valence-corrected chi connectivity index (χ0v) is 19.6. The predicted octanol–water partition coefficient (Wildman–Crippen LogP) is 7.26. The lowest BCUT2D eigenvalue weighted by Gasteiger charge is -2.18. The average Bonchev–Trinajstić information content (AvgIpc) is 2.74. The summed E-state index contributed by atoms with van der Waals surface area (Å²) in [4.78, 5) is 4.94. The molecule has 2 atom stereocenters. The number of benzene rings is 1. The third-order valence-electron chi connectivity index (χ3n) is 5.33. The molecule has 2 unspecified atom stereocenters. The van der Waals surface area contributed by atoms with Crippen molar-refractivity contribution in [2.24, 2.45) is 5.92 Å². The Hall–Kier alpha value is -2.37. The van der Waals surface area contributed by atoms with Gasteiger partial charge in [0.1, 0.15) is 17.9 Å². The number of halogens is 4. The van der Waals surface area contributed by atoms with Crippen LogP contribution < -0.4 is 4.72 Å². The highest BCUT2D eigenvalue weighted by Crippen LogP contribution is 2.34. The van der Waals surface area contributed by atoms with Crippen molar-refractivity contribution >= 4 is 23.1 Å². The summed E-state index contributed by atoms with van der Waals surface area (Å²) >= 11 is 0.848. The Kier molecular flexibility index (Phi) is 8.88. The molecule has 1 aromatic carbocycles. The van der Waals surface area contributed by atoms with Gasteiger partial charge in [-0.15, -0.1) is 0 Å². The van der Waals surface area contributed by atoms with Gasteiger partial charge in [0.05, 0.1) is 11.3 Å². The summed E-state index contributed by atoms with van der Waals surface area (Å²) in [5.41, 5.74) is 3.43. The van der Waals surface area contributed by atoms with Gasteiger partial charge in [0.2, 0.25) is 0 Å². The number of aryl methyl sites for hydroxylation is 2. The predicted molar refractivity (Wildman–Crippen MR) is 121 cm³/mol. The number of hydrogen-bond acceptors (Lipinski definition) is 4. The molecule has 8 heteroatoms. The van der Waals surface area contributed by atoms with Crippen molar-refractivity contribution in [2.45, 2.75) is 64.6 Å². The second kappa shape index (κ2) is 11.0. The number of nitrogens with zero attached hydrogens (tertiary/aromatic N) is 2. The summed E-state index contributed by atoms with van der Waals surface area (Å²) in [6.45, 7) is 8.66. The molecule has 1 N–H and O–H groups in total. The molecule has 0 bridgehead atoms. The summed E-state index contributed by atoms with van der Waals surface area (Å²) in [6.07, 6.45) is -1.41. The lowest BCUT2D eigenvalue weighted by atomic mass is 9.88. The van der Waals surface area contributed by atoms with E-state index < -0.39 is 12.2 Å². The van der Waals surface area contributed by atoms with Crippen molar-refractivity contribution in [3.8, 4) is 6.07 Å².